The molecule has 0 unspecified atom stereocenters. The van der Waals surface area contributed by atoms with Crippen molar-refractivity contribution in [1.29, 1.82) is 0 Å². The van der Waals surface area contributed by atoms with E-state index in [0.29, 0.717) is 11.8 Å². The van der Waals surface area contributed by atoms with Gasteiger partial charge in [-0.1, -0.05) is 23.9 Å². The molecule has 0 aliphatic rings. The van der Waals surface area contributed by atoms with Crippen molar-refractivity contribution in [1.82, 2.24) is 15.5 Å². The van der Waals surface area contributed by atoms with E-state index < -0.39 is 41.5 Å². The Morgan fingerprint density at radius 1 is 1.09 bits per heavy atom. The average Bonchev–Trinajstić information content (AvgIpc) is 3.23. The molecule has 8 nitrogen and oxygen atoms in total. The monoisotopic (exact) mass is 466 g/mol. The van der Waals surface area contributed by atoms with Crippen LogP contribution >= 0.6 is 11.8 Å². The second kappa shape index (κ2) is 10.7. The standard InChI is InChI=1S/C20H17F3N4O4S/c1-11-3-2-4-12(7-11)30-9-17-26-27-20(31-17)32-10-16(29)24-8-15(28)25-14-6-5-13(21)18(22)19(14)23/h2-7H,8-10H2,1H3,(H,24,29)(H,25,28). The van der Waals surface area contributed by atoms with Gasteiger partial charge >= 0.3 is 0 Å². The molecule has 0 bridgehead atoms. The number of carbonyl (C=O) groups excluding carboxylic acids is 2. The Hall–Kier alpha value is -3.54. The number of aromatic nitrogens is 2. The van der Waals surface area contributed by atoms with Gasteiger partial charge in [0.15, 0.2) is 24.1 Å². The molecule has 0 fully saturated rings. The first kappa shape index (κ1) is 23.1. The maximum absolute atomic E-state index is 13.5. The van der Waals surface area contributed by atoms with Crippen molar-refractivity contribution < 1.29 is 31.9 Å². The summed E-state index contributed by atoms with van der Waals surface area (Å²) in [6.45, 7) is 1.49. The van der Waals surface area contributed by atoms with E-state index in [-0.39, 0.29) is 23.5 Å². The van der Waals surface area contributed by atoms with Gasteiger partial charge in [-0.3, -0.25) is 9.59 Å². The normalized spacial score (nSPS) is 10.6. The van der Waals surface area contributed by atoms with Crippen molar-refractivity contribution in [3.63, 3.8) is 0 Å². The summed E-state index contributed by atoms with van der Waals surface area (Å²) in [4.78, 5) is 23.7. The van der Waals surface area contributed by atoms with Gasteiger partial charge in [0, 0.05) is 0 Å². The number of halogens is 3. The molecule has 0 atom stereocenters. The summed E-state index contributed by atoms with van der Waals surface area (Å²) in [5, 5.41) is 12.1. The number of thioether (sulfide) groups is 1. The third kappa shape index (κ3) is 6.48. The van der Waals surface area contributed by atoms with Gasteiger partial charge in [-0.05, 0) is 36.8 Å². The molecule has 12 heteroatoms. The minimum absolute atomic E-state index is 0.0594. The molecule has 2 amide bonds. The van der Waals surface area contributed by atoms with Gasteiger partial charge in [0.05, 0.1) is 18.0 Å². The van der Waals surface area contributed by atoms with Crippen LogP contribution < -0.4 is 15.4 Å². The number of nitrogens with one attached hydrogen (secondary N) is 2. The maximum Gasteiger partial charge on any atom is 0.277 e. The SMILES string of the molecule is Cc1cccc(OCc2nnc(SCC(=O)NCC(=O)Nc3ccc(F)c(F)c3F)o2)c1. The fourth-order valence-corrected chi connectivity index (χ4v) is 2.99. The zero-order valence-electron chi connectivity index (χ0n) is 16.7. The Bertz CT molecular complexity index is 1130. The van der Waals surface area contributed by atoms with Crippen LogP contribution in [0.25, 0.3) is 0 Å². The summed E-state index contributed by atoms with van der Waals surface area (Å²) in [6.07, 6.45) is 0. The third-order valence-corrected chi connectivity index (χ3v) is 4.70. The van der Waals surface area contributed by atoms with Crippen LogP contribution in [0.5, 0.6) is 5.75 Å². The second-order valence-corrected chi connectivity index (χ2v) is 7.33. The van der Waals surface area contributed by atoms with Crippen LogP contribution in [-0.4, -0.2) is 34.3 Å². The molecule has 1 heterocycles. The largest absolute Gasteiger partial charge is 0.484 e. The molecule has 1 aromatic heterocycles. The molecule has 3 aromatic rings. The molecule has 32 heavy (non-hydrogen) atoms. The van der Waals surface area contributed by atoms with E-state index in [2.05, 4.69) is 15.5 Å². The van der Waals surface area contributed by atoms with Crippen molar-refractivity contribution in [2.45, 2.75) is 18.8 Å². The fraction of sp³-hybridized carbons (Fsp3) is 0.200. The van der Waals surface area contributed by atoms with Gasteiger partial charge in [0.1, 0.15) is 5.75 Å². The third-order valence-electron chi connectivity index (χ3n) is 3.88. The number of carbonyl (C=O) groups is 2. The van der Waals surface area contributed by atoms with Crippen LogP contribution in [0.3, 0.4) is 0 Å². The first-order valence-corrected chi connectivity index (χ1v) is 10.1. The van der Waals surface area contributed by atoms with Crippen LogP contribution in [0.1, 0.15) is 11.5 Å². The van der Waals surface area contributed by atoms with E-state index in [1.165, 1.54) is 0 Å². The minimum Gasteiger partial charge on any atom is -0.484 e. The van der Waals surface area contributed by atoms with E-state index >= 15 is 0 Å². The predicted molar refractivity (Wildman–Crippen MR) is 108 cm³/mol. The van der Waals surface area contributed by atoms with Gasteiger partial charge < -0.3 is 19.8 Å². The van der Waals surface area contributed by atoms with Crippen LogP contribution in [0.4, 0.5) is 18.9 Å². The Morgan fingerprint density at radius 2 is 1.91 bits per heavy atom. The summed E-state index contributed by atoms with van der Waals surface area (Å²) < 4.78 is 50.5. The molecular weight excluding hydrogens is 449 g/mol. The molecule has 2 N–H and O–H groups in total. The molecular formula is C20H17F3N4O4S. The van der Waals surface area contributed by atoms with Gasteiger partial charge in [0.2, 0.25) is 11.8 Å². The Labute approximate surface area is 184 Å². The van der Waals surface area contributed by atoms with Crippen molar-refractivity contribution in [2.75, 3.05) is 17.6 Å². The lowest BCUT2D eigenvalue weighted by atomic mass is 10.2. The van der Waals surface area contributed by atoms with Gasteiger partial charge in [-0.25, -0.2) is 13.2 Å². The highest BCUT2D eigenvalue weighted by Gasteiger charge is 2.16. The Morgan fingerprint density at radius 3 is 2.69 bits per heavy atom. The number of benzene rings is 2. The first-order chi connectivity index (χ1) is 15.3. The second-order valence-electron chi connectivity index (χ2n) is 6.40. The highest BCUT2D eigenvalue weighted by atomic mass is 32.2. The van der Waals surface area contributed by atoms with Crippen LogP contribution in [0, 0.1) is 24.4 Å². The number of hydrogen-bond donors (Lipinski definition) is 2. The molecule has 2 aromatic carbocycles. The van der Waals surface area contributed by atoms with E-state index in [4.69, 9.17) is 9.15 Å². The molecule has 168 valence electrons. The van der Waals surface area contributed by atoms with Gasteiger partial charge in [-0.15, -0.1) is 10.2 Å². The molecule has 0 aliphatic heterocycles. The molecule has 0 spiro atoms. The van der Waals surface area contributed by atoms with Crippen molar-refractivity contribution in [3.8, 4) is 5.75 Å². The van der Waals surface area contributed by atoms with E-state index in [1.54, 1.807) is 6.07 Å². The number of amides is 2. The summed E-state index contributed by atoms with van der Waals surface area (Å²) in [5.41, 5.74) is 0.503. The molecule has 0 saturated carbocycles. The van der Waals surface area contributed by atoms with E-state index in [0.717, 1.165) is 23.4 Å². The van der Waals surface area contributed by atoms with Crippen LogP contribution in [0.15, 0.2) is 46.0 Å². The van der Waals surface area contributed by atoms with E-state index in [9.17, 15) is 22.8 Å². The topological polar surface area (TPSA) is 106 Å². The van der Waals surface area contributed by atoms with Crippen molar-refractivity contribution in [2.24, 2.45) is 0 Å². The minimum atomic E-state index is -1.70. The fourth-order valence-electron chi connectivity index (χ4n) is 2.38. The smallest absolute Gasteiger partial charge is 0.277 e. The quantitative estimate of drug-likeness (QED) is 0.368. The number of anilines is 1. The number of nitrogens with zero attached hydrogens (tertiary/aromatic N) is 2. The van der Waals surface area contributed by atoms with Crippen LogP contribution in [0.2, 0.25) is 0 Å². The van der Waals surface area contributed by atoms with Crippen LogP contribution in [-0.2, 0) is 16.2 Å². The lowest BCUT2D eigenvalue weighted by molar-refractivity contribution is -0.122. The van der Waals surface area contributed by atoms with Crippen molar-refractivity contribution in [3.05, 3.63) is 65.3 Å². The summed E-state index contributed by atoms with van der Waals surface area (Å²) >= 11 is 0.944. The highest BCUT2D eigenvalue weighted by molar-refractivity contribution is 7.99. The molecule has 0 saturated heterocycles. The number of hydrogen-bond acceptors (Lipinski definition) is 7. The Kier molecular flexibility index (Phi) is 7.71. The van der Waals surface area contributed by atoms with E-state index in [1.807, 2.05) is 30.4 Å². The zero-order valence-corrected chi connectivity index (χ0v) is 17.5. The summed E-state index contributed by atoms with van der Waals surface area (Å²) in [6, 6.07) is 8.98. The van der Waals surface area contributed by atoms with Gasteiger partial charge in [-0.2, -0.15) is 0 Å². The van der Waals surface area contributed by atoms with Gasteiger partial charge in [0.25, 0.3) is 11.1 Å². The average molecular weight is 466 g/mol. The lowest BCUT2D eigenvalue weighted by Crippen LogP contribution is -2.34. The highest BCUT2D eigenvalue weighted by Crippen LogP contribution is 2.20. The number of aryl methyl sites for hydroxylation is 1. The number of ether oxygens (including phenoxy) is 1. The summed E-state index contributed by atoms with van der Waals surface area (Å²) in [5.74, 6) is -5.22. The predicted octanol–water partition coefficient (Wildman–Crippen LogP) is 3.22. The molecule has 0 radical (unpaired) electrons. The molecule has 3 rings (SSSR count). The number of rotatable bonds is 9. The summed E-state index contributed by atoms with van der Waals surface area (Å²) in [7, 11) is 0. The Balaban J connectivity index is 1.39. The lowest BCUT2D eigenvalue weighted by Gasteiger charge is -2.08. The maximum atomic E-state index is 13.5. The zero-order chi connectivity index (χ0) is 23.1. The van der Waals surface area contributed by atoms with Crippen molar-refractivity contribution >= 4 is 29.3 Å². The first-order valence-electron chi connectivity index (χ1n) is 9.16. The molecule has 0 aliphatic carbocycles.